The van der Waals surface area contributed by atoms with Crippen LogP contribution in [0.25, 0.3) is 0 Å². The van der Waals surface area contributed by atoms with Crippen molar-refractivity contribution in [3.8, 4) is 0 Å². The van der Waals surface area contributed by atoms with Crippen molar-refractivity contribution in [2.45, 2.75) is 0 Å². The Morgan fingerprint density at radius 3 is 3.00 bits per heavy atom. The second kappa shape index (κ2) is 5.31. The minimum absolute atomic E-state index is 0.0526. The summed E-state index contributed by atoms with van der Waals surface area (Å²) in [7, 11) is 3.50. The Balaban J connectivity index is 2.76. The molecule has 1 aromatic rings. The van der Waals surface area contributed by atoms with Gasteiger partial charge in [0.05, 0.1) is 6.61 Å². The van der Waals surface area contributed by atoms with Crippen LogP contribution in [0, 0.1) is 0 Å². The van der Waals surface area contributed by atoms with Gasteiger partial charge in [-0.3, -0.25) is 0 Å². The van der Waals surface area contributed by atoms with Crippen LogP contribution in [0.5, 0.6) is 0 Å². The highest BCUT2D eigenvalue weighted by Crippen LogP contribution is 2.12. The van der Waals surface area contributed by atoms with Gasteiger partial charge in [-0.15, -0.1) is 0 Å². The number of ether oxygens (including phenoxy) is 1. The van der Waals surface area contributed by atoms with Gasteiger partial charge in [-0.2, -0.15) is 0 Å². The fraction of sp³-hybridized carbons (Fsp3) is 0.400. The lowest BCUT2D eigenvalue weighted by Gasteiger charge is -2.18. The summed E-state index contributed by atoms with van der Waals surface area (Å²) < 4.78 is 4.94. The monoisotopic (exact) mass is 210 g/mol. The summed E-state index contributed by atoms with van der Waals surface area (Å²) in [6, 6.07) is 3.31. The second-order valence-corrected chi connectivity index (χ2v) is 3.12. The maximum absolute atomic E-state index is 10.7. The number of hydrogen-bond donors (Lipinski definition) is 1. The molecule has 15 heavy (non-hydrogen) atoms. The molecule has 0 aliphatic carbocycles. The number of carboxylic acid groups (broad SMARTS) is 1. The van der Waals surface area contributed by atoms with Crippen LogP contribution in [0.15, 0.2) is 18.3 Å². The van der Waals surface area contributed by atoms with Gasteiger partial charge in [0, 0.05) is 32.6 Å². The van der Waals surface area contributed by atoms with Gasteiger partial charge in [0.2, 0.25) is 0 Å². The lowest BCUT2D eigenvalue weighted by Crippen LogP contribution is -2.22. The molecule has 0 aliphatic heterocycles. The summed E-state index contributed by atoms with van der Waals surface area (Å²) in [5.41, 5.74) is 0.871. The first-order valence-corrected chi connectivity index (χ1v) is 4.54. The highest BCUT2D eigenvalue weighted by Gasteiger charge is 2.07. The molecule has 5 heteroatoms. The van der Waals surface area contributed by atoms with Crippen LogP contribution in [0.3, 0.4) is 0 Å². The molecule has 0 atom stereocenters. The van der Waals surface area contributed by atoms with Crippen LogP contribution in [0.2, 0.25) is 0 Å². The SMILES string of the molecule is COCCN(C)c1ccnc(C(=O)O)c1. The summed E-state index contributed by atoms with van der Waals surface area (Å²) in [5, 5.41) is 8.76. The Bertz CT molecular complexity index is 341. The quantitative estimate of drug-likeness (QED) is 0.781. The van der Waals surface area contributed by atoms with Crippen LogP contribution >= 0.6 is 0 Å². The van der Waals surface area contributed by atoms with E-state index in [2.05, 4.69) is 4.98 Å². The zero-order valence-corrected chi connectivity index (χ0v) is 8.80. The fourth-order valence-corrected chi connectivity index (χ4v) is 1.13. The second-order valence-electron chi connectivity index (χ2n) is 3.12. The van der Waals surface area contributed by atoms with Crippen molar-refractivity contribution in [1.29, 1.82) is 0 Å². The van der Waals surface area contributed by atoms with E-state index in [-0.39, 0.29) is 5.69 Å². The Morgan fingerprint density at radius 2 is 2.40 bits per heavy atom. The molecule has 0 unspecified atom stereocenters. The molecule has 0 fully saturated rings. The van der Waals surface area contributed by atoms with Crippen LogP contribution in [-0.4, -0.2) is 43.4 Å². The summed E-state index contributed by atoms with van der Waals surface area (Å²) in [4.78, 5) is 16.3. The van der Waals surface area contributed by atoms with E-state index in [1.54, 1.807) is 13.2 Å². The van der Waals surface area contributed by atoms with Crippen molar-refractivity contribution in [2.24, 2.45) is 0 Å². The predicted octanol–water partition coefficient (Wildman–Crippen LogP) is 0.862. The minimum atomic E-state index is -1.02. The van der Waals surface area contributed by atoms with Crippen molar-refractivity contribution in [1.82, 2.24) is 4.98 Å². The smallest absolute Gasteiger partial charge is 0.354 e. The van der Waals surface area contributed by atoms with Gasteiger partial charge in [0.25, 0.3) is 0 Å². The van der Waals surface area contributed by atoms with Gasteiger partial charge in [-0.05, 0) is 12.1 Å². The van der Waals surface area contributed by atoms with E-state index in [0.29, 0.717) is 13.2 Å². The van der Waals surface area contributed by atoms with Crippen molar-refractivity contribution in [3.05, 3.63) is 24.0 Å². The van der Waals surface area contributed by atoms with Gasteiger partial charge >= 0.3 is 5.97 Å². The topological polar surface area (TPSA) is 62.7 Å². The number of carboxylic acids is 1. The molecular formula is C10H14N2O3. The third-order valence-electron chi connectivity index (χ3n) is 2.03. The number of nitrogens with zero attached hydrogens (tertiary/aromatic N) is 2. The Labute approximate surface area is 88.3 Å². The van der Waals surface area contributed by atoms with Crippen molar-refractivity contribution >= 4 is 11.7 Å². The predicted molar refractivity (Wildman–Crippen MR) is 56.3 cm³/mol. The van der Waals surface area contributed by atoms with Gasteiger partial charge in [-0.25, -0.2) is 9.78 Å². The Hall–Kier alpha value is -1.62. The molecule has 0 spiro atoms. The van der Waals surface area contributed by atoms with E-state index in [1.165, 1.54) is 12.3 Å². The minimum Gasteiger partial charge on any atom is -0.477 e. The number of anilines is 1. The van der Waals surface area contributed by atoms with E-state index in [0.717, 1.165) is 5.69 Å². The first kappa shape index (κ1) is 11.5. The van der Waals surface area contributed by atoms with E-state index in [4.69, 9.17) is 9.84 Å². The number of likely N-dealkylation sites (N-methyl/N-ethyl adjacent to an activating group) is 1. The van der Waals surface area contributed by atoms with Crippen LogP contribution in [0.1, 0.15) is 10.5 Å². The maximum Gasteiger partial charge on any atom is 0.354 e. The highest BCUT2D eigenvalue weighted by atomic mass is 16.5. The summed E-state index contributed by atoms with van der Waals surface area (Å²) >= 11 is 0. The number of rotatable bonds is 5. The Kier molecular flexibility index (Phi) is 4.05. The van der Waals surface area contributed by atoms with Crippen molar-refractivity contribution in [2.75, 3.05) is 32.2 Å². The molecule has 0 saturated carbocycles. The molecule has 0 radical (unpaired) electrons. The zero-order valence-electron chi connectivity index (χ0n) is 8.80. The van der Waals surface area contributed by atoms with E-state index in [9.17, 15) is 4.79 Å². The maximum atomic E-state index is 10.7. The number of methoxy groups -OCH3 is 1. The Morgan fingerprint density at radius 1 is 1.67 bits per heavy atom. The largest absolute Gasteiger partial charge is 0.477 e. The molecular weight excluding hydrogens is 196 g/mol. The van der Waals surface area contributed by atoms with E-state index in [1.807, 2.05) is 11.9 Å². The molecule has 1 aromatic heterocycles. The molecule has 1 heterocycles. The molecule has 0 saturated heterocycles. The zero-order chi connectivity index (χ0) is 11.3. The molecule has 1 rings (SSSR count). The summed E-state index contributed by atoms with van der Waals surface area (Å²) in [6.07, 6.45) is 1.49. The molecule has 5 nitrogen and oxygen atoms in total. The molecule has 0 bridgehead atoms. The number of hydrogen-bond acceptors (Lipinski definition) is 4. The highest BCUT2D eigenvalue weighted by molar-refractivity contribution is 5.86. The van der Waals surface area contributed by atoms with Crippen LogP contribution < -0.4 is 4.90 Å². The lowest BCUT2D eigenvalue weighted by atomic mass is 10.3. The van der Waals surface area contributed by atoms with E-state index >= 15 is 0 Å². The fourth-order valence-electron chi connectivity index (χ4n) is 1.13. The molecule has 1 N–H and O–H groups in total. The van der Waals surface area contributed by atoms with Gasteiger partial charge in [-0.1, -0.05) is 0 Å². The van der Waals surface area contributed by atoms with Crippen molar-refractivity contribution in [3.63, 3.8) is 0 Å². The first-order chi connectivity index (χ1) is 7.15. The standard InChI is InChI=1S/C10H14N2O3/c1-12(5-6-15-2)8-3-4-11-9(7-8)10(13)14/h3-4,7H,5-6H2,1-2H3,(H,13,14). The average Bonchev–Trinajstić information content (AvgIpc) is 2.26. The first-order valence-electron chi connectivity index (χ1n) is 4.54. The molecule has 0 aliphatic rings. The van der Waals surface area contributed by atoms with Crippen LogP contribution in [-0.2, 0) is 4.74 Å². The number of carbonyl (C=O) groups is 1. The van der Waals surface area contributed by atoms with E-state index < -0.39 is 5.97 Å². The van der Waals surface area contributed by atoms with Crippen molar-refractivity contribution < 1.29 is 14.6 Å². The third kappa shape index (κ3) is 3.21. The number of aromatic nitrogens is 1. The average molecular weight is 210 g/mol. The van der Waals surface area contributed by atoms with Gasteiger partial charge < -0.3 is 14.7 Å². The normalized spacial score (nSPS) is 10.0. The molecule has 0 amide bonds. The summed E-state index contributed by atoms with van der Waals surface area (Å²) in [5.74, 6) is -1.02. The third-order valence-corrected chi connectivity index (χ3v) is 2.03. The number of pyridine rings is 1. The van der Waals surface area contributed by atoms with Crippen LogP contribution in [0.4, 0.5) is 5.69 Å². The molecule has 82 valence electrons. The lowest BCUT2D eigenvalue weighted by molar-refractivity contribution is 0.0690. The number of aromatic carboxylic acids is 1. The van der Waals surface area contributed by atoms with Gasteiger partial charge in [0.1, 0.15) is 5.69 Å². The van der Waals surface area contributed by atoms with Gasteiger partial charge in [0.15, 0.2) is 0 Å². The molecule has 0 aromatic carbocycles. The summed E-state index contributed by atoms with van der Waals surface area (Å²) in [6.45, 7) is 1.31.